The van der Waals surface area contributed by atoms with Gasteiger partial charge in [0.1, 0.15) is 0 Å². The number of halogens is 1. The predicted molar refractivity (Wildman–Crippen MR) is 73.6 cm³/mol. The Morgan fingerprint density at radius 1 is 1.50 bits per heavy atom. The number of nitrogens with one attached hydrogen (secondary N) is 1. The van der Waals surface area contributed by atoms with Crippen molar-refractivity contribution >= 4 is 33.2 Å². The average Bonchev–Trinajstić information content (AvgIpc) is 2.61. The van der Waals surface area contributed by atoms with E-state index < -0.39 is 0 Å². The number of thiophene rings is 1. The Labute approximate surface area is 110 Å². The molecule has 0 saturated heterocycles. The zero-order valence-corrected chi connectivity index (χ0v) is 12.4. The average molecular weight is 304 g/mol. The second-order valence-corrected chi connectivity index (χ2v) is 6.29. The first-order chi connectivity index (χ1) is 7.46. The van der Waals surface area contributed by atoms with E-state index in [9.17, 15) is 4.79 Å². The maximum atomic E-state index is 11.9. The number of carbonyl (C=O) groups is 1. The molecule has 90 valence electrons. The summed E-state index contributed by atoms with van der Waals surface area (Å²) in [5.74, 6) is 0.0430. The van der Waals surface area contributed by atoms with Crippen LogP contribution in [0.5, 0.6) is 0 Å². The summed E-state index contributed by atoms with van der Waals surface area (Å²) in [5.41, 5.74) is 2.00. The van der Waals surface area contributed by atoms with Crippen LogP contribution >= 0.6 is 27.3 Å². The van der Waals surface area contributed by atoms with E-state index in [-0.39, 0.29) is 11.3 Å². The van der Waals surface area contributed by atoms with Crippen molar-refractivity contribution in [3.8, 4) is 0 Å². The quantitative estimate of drug-likeness (QED) is 0.827. The highest BCUT2D eigenvalue weighted by molar-refractivity contribution is 9.09. The molecule has 0 aliphatic carbocycles. The minimum absolute atomic E-state index is 0.0430. The minimum atomic E-state index is 0.0430. The maximum absolute atomic E-state index is 11.9. The van der Waals surface area contributed by atoms with E-state index in [1.807, 2.05) is 17.7 Å². The Morgan fingerprint density at radius 3 is 2.69 bits per heavy atom. The topological polar surface area (TPSA) is 29.1 Å². The van der Waals surface area contributed by atoms with Gasteiger partial charge in [0.25, 0.3) is 5.91 Å². The molecule has 1 N–H and O–H groups in total. The molecule has 0 bridgehead atoms. The molecule has 1 aromatic heterocycles. The summed E-state index contributed by atoms with van der Waals surface area (Å²) in [7, 11) is 0. The fraction of sp³-hybridized carbons (Fsp3) is 0.583. The summed E-state index contributed by atoms with van der Waals surface area (Å²) in [6.45, 7) is 7.01. The van der Waals surface area contributed by atoms with Crippen molar-refractivity contribution in [2.24, 2.45) is 5.41 Å². The van der Waals surface area contributed by atoms with Crippen molar-refractivity contribution in [3.63, 3.8) is 0 Å². The minimum Gasteiger partial charge on any atom is -0.351 e. The molecule has 0 atom stereocenters. The molecule has 0 saturated carbocycles. The van der Waals surface area contributed by atoms with Gasteiger partial charge in [-0.1, -0.05) is 29.8 Å². The fourth-order valence-corrected chi connectivity index (χ4v) is 3.25. The van der Waals surface area contributed by atoms with Gasteiger partial charge in [0.05, 0.1) is 5.56 Å². The third-order valence-electron chi connectivity index (χ3n) is 2.60. The van der Waals surface area contributed by atoms with Crippen LogP contribution in [-0.4, -0.2) is 17.8 Å². The molecule has 1 amide bonds. The Morgan fingerprint density at radius 2 is 2.19 bits per heavy atom. The molecular formula is C12H18BrNOS. The highest BCUT2D eigenvalue weighted by Gasteiger charge is 2.19. The van der Waals surface area contributed by atoms with Gasteiger partial charge < -0.3 is 5.32 Å². The largest absolute Gasteiger partial charge is 0.351 e. The summed E-state index contributed by atoms with van der Waals surface area (Å²) in [4.78, 5) is 11.9. The lowest BCUT2D eigenvalue weighted by molar-refractivity contribution is 0.0936. The number of carbonyl (C=O) groups excluding carboxylic acids is 1. The Balaban J connectivity index is 2.51. The van der Waals surface area contributed by atoms with Crippen LogP contribution < -0.4 is 5.32 Å². The van der Waals surface area contributed by atoms with E-state index >= 15 is 0 Å². The summed E-state index contributed by atoms with van der Waals surface area (Å²) in [6, 6.07) is 0. The first-order valence-electron chi connectivity index (χ1n) is 5.33. The van der Waals surface area contributed by atoms with Crippen molar-refractivity contribution in [3.05, 3.63) is 21.9 Å². The van der Waals surface area contributed by atoms with Gasteiger partial charge in [-0.05, 0) is 29.7 Å². The normalized spacial score (nSPS) is 11.5. The van der Waals surface area contributed by atoms with Crippen LogP contribution in [-0.2, 0) is 0 Å². The van der Waals surface area contributed by atoms with Crippen LogP contribution in [0.25, 0.3) is 0 Å². The molecule has 2 nitrogen and oxygen atoms in total. The zero-order valence-electron chi connectivity index (χ0n) is 9.97. The fourth-order valence-electron chi connectivity index (χ4n) is 1.35. The third kappa shape index (κ3) is 3.91. The SMILES string of the molecule is Cc1cscc1C(=O)NCC(C)(C)CCBr. The zero-order chi connectivity index (χ0) is 12.2. The molecule has 0 fully saturated rings. The van der Waals surface area contributed by atoms with Gasteiger partial charge in [-0.2, -0.15) is 11.3 Å². The van der Waals surface area contributed by atoms with E-state index in [2.05, 4.69) is 35.1 Å². The molecular weight excluding hydrogens is 286 g/mol. The van der Waals surface area contributed by atoms with Crippen molar-refractivity contribution in [2.45, 2.75) is 27.2 Å². The number of hydrogen-bond acceptors (Lipinski definition) is 2. The Kier molecular flexibility index (Phi) is 4.99. The maximum Gasteiger partial charge on any atom is 0.252 e. The molecule has 1 rings (SSSR count). The van der Waals surface area contributed by atoms with Gasteiger partial charge in [-0.3, -0.25) is 4.79 Å². The lowest BCUT2D eigenvalue weighted by atomic mass is 9.90. The summed E-state index contributed by atoms with van der Waals surface area (Å²) in [6.07, 6.45) is 1.05. The van der Waals surface area contributed by atoms with Crippen LogP contribution in [0.4, 0.5) is 0 Å². The second kappa shape index (κ2) is 5.82. The Bertz CT molecular complexity index is 360. The van der Waals surface area contributed by atoms with Gasteiger partial charge in [0.2, 0.25) is 0 Å². The number of alkyl halides is 1. The number of aryl methyl sites for hydroxylation is 1. The molecule has 0 aromatic carbocycles. The molecule has 16 heavy (non-hydrogen) atoms. The van der Waals surface area contributed by atoms with Gasteiger partial charge >= 0.3 is 0 Å². The molecule has 0 aliphatic heterocycles. The number of rotatable bonds is 5. The molecule has 0 unspecified atom stereocenters. The van der Waals surface area contributed by atoms with E-state index in [4.69, 9.17) is 0 Å². The lowest BCUT2D eigenvalue weighted by Crippen LogP contribution is -2.34. The van der Waals surface area contributed by atoms with E-state index in [0.717, 1.165) is 22.9 Å². The Hall–Kier alpha value is -0.350. The molecule has 1 aromatic rings. The highest BCUT2D eigenvalue weighted by Crippen LogP contribution is 2.20. The van der Waals surface area contributed by atoms with E-state index in [0.29, 0.717) is 6.54 Å². The summed E-state index contributed by atoms with van der Waals surface area (Å²) < 4.78 is 0. The van der Waals surface area contributed by atoms with Crippen LogP contribution in [0.1, 0.15) is 36.2 Å². The van der Waals surface area contributed by atoms with Crippen LogP contribution in [0.3, 0.4) is 0 Å². The van der Waals surface area contributed by atoms with Gasteiger partial charge in [0.15, 0.2) is 0 Å². The molecule has 0 aliphatic rings. The van der Waals surface area contributed by atoms with Crippen molar-refractivity contribution < 1.29 is 4.79 Å². The van der Waals surface area contributed by atoms with Crippen molar-refractivity contribution in [1.82, 2.24) is 5.32 Å². The van der Waals surface area contributed by atoms with E-state index in [1.165, 1.54) is 0 Å². The first-order valence-corrected chi connectivity index (χ1v) is 7.40. The molecule has 0 spiro atoms. The van der Waals surface area contributed by atoms with Crippen LogP contribution in [0, 0.1) is 12.3 Å². The monoisotopic (exact) mass is 303 g/mol. The standard InChI is InChI=1S/C12H18BrNOS/c1-9-6-16-7-10(9)11(15)14-8-12(2,3)4-5-13/h6-7H,4-5,8H2,1-3H3,(H,14,15). The second-order valence-electron chi connectivity index (χ2n) is 4.75. The van der Waals surface area contributed by atoms with Crippen LogP contribution in [0.15, 0.2) is 10.8 Å². The van der Waals surface area contributed by atoms with Gasteiger partial charge in [-0.25, -0.2) is 0 Å². The first kappa shape index (κ1) is 13.7. The van der Waals surface area contributed by atoms with Gasteiger partial charge in [-0.15, -0.1) is 0 Å². The highest BCUT2D eigenvalue weighted by atomic mass is 79.9. The van der Waals surface area contributed by atoms with Gasteiger partial charge in [0, 0.05) is 17.3 Å². The third-order valence-corrected chi connectivity index (χ3v) is 3.86. The van der Waals surface area contributed by atoms with Crippen LogP contribution in [0.2, 0.25) is 0 Å². The van der Waals surface area contributed by atoms with Crippen molar-refractivity contribution in [1.29, 1.82) is 0 Å². The van der Waals surface area contributed by atoms with Crippen molar-refractivity contribution in [2.75, 3.05) is 11.9 Å². The lowest BCUT2D eigenvalue weighted by Gasteiger charge is -2.23. The summed E-state index contributed by atoms with van der Waals surface area (Å²) in [5, 5.41) is 7.87. The smallest absolute Gasteiger partial charge is 0.252 e. The molecule has 4 heteroatoms. The number of hydrogen-bond donors (Lipinski definition) is 1. The molecule has 1 heterocycles. The predicted octanol–water partition coefficient (Wildman–Crippen LogP) is 3.60. The molecule has 0 radical (unpaired) electrons. The van der Waals surface area contributed by atoms with E-state index in [1.54, 1.807) is 11.3 Å². The summed E-state index contributed by atoms with van der Waals surface area (Å²) >= 11 is 5.00. The number of amides is 1.